The molecule has 0 radical (unpaired) electrons. The molecule has 0 spiro atoms. The number of nitrogens with two attached hydrogens (primary N) is 1. The van der Waals surface area contributed by atoms with Crippen molar-refractivity contribution < 1.29 is 14.3 Å². The van der Waals surface area contributed by atoms with Gasteiger partial charge in [0.25, 0.3) is 5.91 Å². The number of thiocarbonyl (C=S) groups is 1. The summed E-state index contributed by atoms with van der Waals surface area (Å²) in [6, 6.07) is 5.05. The molecule has 21 heavy (non-hydrogen) atoms. The molecule has 1 aliphatic rings. The predicted octanol–water partition coefficient (Wildman–Crippen LogP) is 2.03. The zero-order valence-corrected chi connectivity index (χ0v) is 13.1. The van der Waals surface area contributed by atoms with Gasteiger partial charge in [-0.2, -0.15) is 0 Å². The monoisotopic (exact) mass is 308 g/mol. The number of amides is 1. The second kappa shape index (κ2) is 6.30. The summed E-state index contributed by atoms with van der Waals surface area (Å²) in [4.78, 5) is 12.8. The molecular weight excluding hydrogens is 288 g/mol. The van der Waals surface area contributed by atoms with Crippen LogP contribution in [0.3, 0.4) is 0 Å². The summed E-state index contributed by atoms with van der Waals surface area (Å²) in [6.07, 6.45) is 3.62. The average Bonchev–Trinajstić information content (AvgIpc) is 2.96. The van der Waals surface area contributed by atoms with Crippen molar-refractivity contribution in [2.45, 2.75) is 31.2 Å². The lowest BCUT2D eigenvalue weighted by molar-refractivity contribution is 0.0924. The van der Waals surface area contributed by atoms with Crippen LogP contribution >= 0.6 is 12.2 Å². The van der Waals surface area contributed by atoms with Crippen molar-refractivity contribution in [3.8, 4) is 11.5 Å². The number of rotatable bonds is 5. The van der Waals surface area contributed by atoms with Crippen molar-refractivity contribution in [2.75, 3.05) is 14.2 Å². The summed E-state index contributed by atoms with van der Waals surface area (Å²) in [5.74, 6) is 0.894. The third-order valence-corrected chi connectivity index (χ3v) is 4.32. The van der Waals surface area contributed by atoms with E-state index in [0.717, 1.165) is 25.7 Å². The summed E-state index contributed by atoms with van der Waals surface area (Å²) < 4.78 is 10.4. The van der Waals surface area contributed by atoms with E-state index in [9.17, 15) is 4.79 Å². The van der Waals surface area contributed by atoms with E-state index < -0.39 is 5.54 Å². The van der Waals surface area contributed by atoms with E-state index in [-0.39, 0.29) is 5.91 Å². The number of hydrogen-bond donors (Lipinski definition) is 2. The number of ether oxygens (including phenoxy) is 2. The molecule has 1 aliphatic carbocycles. The predicted molar refractivity (Wildman–Crippen MR) is 85.0 cm³/mol. The lowest BCUT2D eigenvalue weighted by Crippen LogP contribution is -2.54. The van der Waals surface area contributed by atoms with Gasteiger partial charge < -0.3 is 20.5 Å². The van der Waals surface area contributed by atoms with Crippen LogP contribution in [-0.4, -0.2) is 30.7 Å². The van der Waals surface area contributed by atoms with Gasteiger partial charge in [0.05, 0.1) is 24.7 Å². The highest BCUT2D eigenvalue weighted by molar-refractivity contribution is 7.80. The number of benzene rings is 1. The average molecular weight is 308 g/mol. The molecule has 0 bridgehead atoms. The number of carbonyl (C=O) groups is 1. The second-order valence-corrected chi connectivity index (χ2v) is 5.62. The zero-order valence-electron chi connectivity index (χ0n) is 12.3. The zero-order chi connectivity index (χ0) is 15.5. The van der Waals surface area contributed by atoms with E-state index in [0.29, 0.717) is 22.1 Å². The van der Waals surface area contributed by atoms with Crippen LogP contribution in [0.1, 0.15) is 36.0 Å². The first kappa shape index (κ1) is 15.6. The maximum absolute atomic E-state index is 12.5. The summed E-state index contributed by atoms with van der Waals surface area (Å²) >= 11 is 5.14. The standard InChI is InChI=1S/C15H20N2O3S/c1-19-11-6-5-10(9-12(11)20-2)13(18)17-15(14(16)21)7-3-4-8-15/h5-6,9H,3-4,7-8H2,1-2H3,(H2,16,21)(H,17,18). The minimum absolute atomic E-state index is 0.203. The minimum Gasteiger partial charge on any atom is -0.493 e. The second-order valence-electron chi connectivity index (χ2n) is 5.18. The third kappa shape index (κ3) is 3.10. The molecule has 114 valence electrons. The fourth-order valence-corrected chi connectivity index (χ4v) is 2.93. The van der Waals surface area contributed by atoms with Crippen molar-refractivity contribution in [1.82, 2.24) is 5.32 Å². The number of hydrogen-bond acceptors (Lipinski definition) is 4. The molecule has 0 aromatic heterocycles. The molecule has 0 heterocycles. The van der Waals surface area contributed by atoms with Gasteiger partial charge in [-0.1, -0.05) is 25.1 Å². The summed E-state index contributed by atoms with van der Waals surface area (Å²) in [5.41, 5.74) is 5.77. The SMILES string of the molecule is COc1ccc(C(=O)NC2(C(N)=S)CCCC2)cc1OC. The van der Waals surface area contributed by atoms with Crippen LogP contribution in [0.2, 0.25) is 0 Å². The molecule has 1 saturated carbocycles. The van der Waals surface area contributed by atoms with E-state index in [1.54, 1.807) is 25.3 Å². The lowest BCUT2D eigenvalue weighted by atomic mass is 9.97. The van der Waals surface area contributed by atoms with Gasteiger partial charge in [0, 0.05) is 5.56 Å². The van der Waals surface area contributed by atoms with Crippen LogP contribution in [0.4, 0.5) is 0 Å². The Balaban J connectivity index is 2.22. The van der Waals surface area contributed by atoms with E-state index >= 15 is 0 Å². The fraction of sp³-hybridized carbons (Fsp3) is 0.467. The molecule has 0 aliphatic heterocycles. The van der Waals surface area contributed by atoms with Crippen molar-refractivity contribution in [3.05, 3.63) is 23.8 Å². The Morgan fingerprint density at radius 1 is 1.24 bits per heavy atom. The molecule has 1 amide bonds. The van der Waals surface area contributed by atoms with Gasteiger partial charge in [-0.05, 0) is 31.0 Å². The largest absolute Gasteiger partial charge is 0.493 e. The number of nitrogens with one attached hydrogen (secondary N) is 1. The highest BCUT2D eigenvalue weighted by Crippen LogP contribution is 2.31. The van der Waals surface area contributed by atoms with Gasteiger partial charge >= 0.3 is 0 Å². The van der Waals surface area contributed by atoms with Crippen LogP contribution < -0.4 is 20.5 Å². The molecule has 5 nitrogen and oxygen atoms in total. The topological polar surface area (TPSA) is 73.6 Å². The molecule has 3 N–H and O–H groups in total. The van der Waals surface area contributed by atoms with Crippen LogP contribution in [0, 0.1) is 0 Å². The Hall–Kier alpha value is -1.82. The Morgan fingerprint density at radius 3 is 2.38 bits per heavy atom. The fourth-order valence-electron chi connectivity index (χ4n) is 2.68. The molecule has 1 aromatic rings. The Kier molecular flexibility index (Phi) is 4.67. The maximum atomic E-state index is 12.5. The van der Waals surface area contributed by atoms with Gasteiger partial charge in [0.1, 0.15) is 0 Å². The first-order valence-electron chi connectivity index (χ1n) is 6.87. The first-order chi connectivity index (χ1) is 10.0. The highest BCUT2D eigenvalue weighted by Gasteiger charge is 2.38. The lowest BCUT2D eigenvalue weighted by Gasteiger charge is -2.29. The van der Waals surface area contributed by atoms with Crippen molar-refractivity contribution in [1.29, 1.82) is 0 Å². The summed E-state index contributed by atoms with van der Waals surface area (Å²) in [7, 11) is 3.09. The molecule has 1 fully saturated rings. The van der Waals surface area contributed by atoms with Crippen molar-refractivity contribution in [2.24, 2.45) is 5.73 Å². The van der Waals surface area contributed by atoms with Crippen molar-refractivity contribution >= 4 is 23.1 Å². The van der Waals surface area contributed by atoms with E-state index in [1.807, 2.05) is 0 Å². The maximum Gasteiger partial charge on any atom is 0.252 e. The van der Waals surface area contributed by atoms with Crippen LogP contribution in [0.5, 0.6) is 11.5 Å². The molecule has 6 heteroatoms. The molecule has 0 atom stereocenters. The quantitative estimate of drug-likeness (QED) is 0.814. The Morgan fingerprint density at radius 2 is 1.86 bits per heavy atom. The third-order valence-electron chi connectivity index (χ3n) is 3.93. The highest BCUT2D eigenvalue weighted by atomic mass is 32.1. The van der Waals surface area contributed by atoms with Gasteiger partial charge in [0.2, 0.25) is 0 Å². The molecular formula is C15H20N2O3S. The first-order valence-corrected chi connectivity index (χ1v) is 7.28. The number of carbonyl (C=O) groups excluding carboxylic acids is 1. The van der Waals surface area contributed by atoms with Gasteiger partial charge in [0.15, 0.2) is 11.5 Å². The normalized spacial score (nSPS) is 16.3. The summed E-state index contributed by atoms with van der Waals surface area (Å²) in [5, 5.41) is 3.00. The van der Waals surface area contributed by atoms with E-state index in [1.165, 1.54) is 7.11 Å². The Labute approximate surface area is 129 Å². The van der Waals surface area contributed by atoms with Crippen LogP contribution in [0.15, 0.2) is 18.2 Å². The van der Waals surface area contributed by atoms with Gasteiger partial charge in [-0.25, -0.2) is 0 Å². The molecule has 1 aromatic carbocycles. The van der Waals surface area contributed by atoms with Crippen LogP contribution in [-0.2, 0) is 0 Å². The van der Waals surface area contributed by atoms with Gasteiger partial charge in [-0.3, -0.25) is 4.79 Å². The van der Waals surface area contributed by atoms with E-state index in [2.05, 4.69) is 5.32 Å². The van der Waals surface area contributed by atoms with E-state index in [4.69, 9.17) is 27.4 Å². The number of methoxy groups -OCH3 is 2. The van der Waals surface area contributed by atoms with Crippen LogP contribution in [0.25, 0.3) is 0 Å². The molecule has 0 saturated heterocycles. The Bertz CT molecular complexity index is 554. The molecule has 0 unspecified atom stereocenters. The smallest absolute Gasteiger partial charge is 0.252 e. The molecule has 2 rings (SSSR count). The minimum atomic E-state index is -0.556. The summed E-state index contributed by atoms with van der Waals surface area (Å²) in [6.45, 7) is 0. The van der Waals surface area contributed by atoms with Gasteiger partial charge in [-0.15, -0.1) is 0 Å². The van der Waals surface area contributed by atoms with Crippen molar-refractivity contribution in [3.63, 3.8) is 0 Å².